The minimum atomic E-state index is -1.25. The Morgan fingerprint density at radius 1 is 1.24 bits per heavy atom. The van der Waals surface area contributed by atoms with Gasteiger partial charge in [-0.2, -0.15) is 4.39 Å². The quantitative estimate of drug-likeness (QED) is 0.692. The van der Waals surface area contributed by atoms with Crippen molar-refractivity contribution in [2.24, 2.45) is 0 Å². The average molecular weight is 297 g/mol. The molecule has 0 saturated heterocycles. The molecule has 1 atom stereocenters. The van der Waals surface area contributed by atoms with Gasteiger partial charge in [0, 0.05) is 12.1 Å². The number of nitro benzene ring substituents is 1. The van der Waals surface area contributed by atoms with E-state index in [-0.39, 0.29) is 5.69 Å². The van der Waals surface area contributed by atoms with Crippen LogP contribution in [0.15, 0.2) is 30.5 Å². The fourth-order valence-corrected chi connectivity index (χ4v) is 1.74. The number of halogens is 3. The minimum absolute atomic E-state index is 0.235. The van der Waals surface area contributed by atoms with Gasteiger partial charge in [0.15, 0.2) is 0 Å². The monoisotopic (exact) mass is 297 g/mol. The first kappa shape index (κ1) is 14.8. The van der Waals surface area contributed by atoms with Gasteiger partial charge >= 0.3 is 5.69 Å². The normalized spacial score (nSPS) is 12.0. The van der Waals surface area contributed by atoms with Gasteiger partial charge in [0.25, 0.3) is 0 Å². The molecule has 1 N–H and O–H groups in total. The lowest BCUT2D eigenvalue weighted by Crippen LogP contribution is -2.10. The summed E-state index contributed by atoms with van der Waals surface area (Å²) in [5, 5.41) is 13.3. The zero-order valence-electron chi connectivity index (χ0n) is 10.8. The maximum atomic E-state index is 13.6. The number of benzene rings is 1. The molecule has 0 saturated carbocycles. The Morgan fingerprint density at radius 2 is 1.95 bits per heavy atom. The summed E-state index contributed by atoms with van der Waals surface area (Å²) < 4.78 is 39.6. The molecule has 110 valence electrons. The zero-order chi connectivity index (χ0) is 15.6. The standard InChI is InChI=1S/C13H10F3N3O2/c1-7(11-3-2-8(14)6-17-11)18-12-5-13(19(20)21)10(16)4-9(12)15/h2-7,18H,1H3. The van der Waals surface area contributed by atoms with E-state index in [4.69, 9.17) is 0 Å². The molecule has 2 rings (SSSR count). The highest BCUT2D eigenvalue weighted by atomic mass is 19.1. The van der Waals surface area contributed by atoms with Crippen molar-refractivity contribution in [3.63, 3.8) is 0 Å². The number of nitrogens with zero attached hydrogens (tertiary/aromatic N) is 2. The summed E-state index contributed by atoms with van der Waals surface area (Å²) in [6, 6.07) is 3.23. The number of hydrogen-bond acceptors (Lipinski definition) is 4. The van der Waals surface area contributed by atoms with Crippen molar-refractivity contribution in [3.8, 4) is 0 Å². The van der Waals surface area contributed by atoms with E-state index in [1.165, 1.54) is 12.1 Å². The van der Waals surface area contributed by atoms with E-state index in [1.807, 2.05) is 0 Å². The van der Waals surface area contributed by atoms with E-state index in [2.05, 4.69) is 10.3 Å². The van der Waals surface area contributed by atoms with Crippen LogP contribution in [-0.2, 0) is 0 Å². The summed E-state index contributed by atoms with van der Waals surface area (Å²) in [7, 11) is 0. The smallest absolute Gasteiger partial charge is 0.307 e. The number of nitrogens with one attached hydrogen (secondary N) is 1. The molecule has 2 aromatic rings. The Morgan fingerprint density at radius 3 is 2.52 bits per heavy atom. The molecule has 21 heavy (non-hydrogen) atoms. The van der Waals surface area contributed by atoms with Crippen LogP contribution in [0.5, 0.6) is 0 Å². The summed E-state index contributed by atoms with van der Waals surface area (Å²) in [5.74, 6) is -2.74. The maximum absolute atomic E-state index is 13.6. The van der Waals surface area contributed by atoms with E-state index >= 15 is 0 Å². The number of aromatic nitrogens is 1. The summed E-state index contributed by atoms with van der Waals surface area (Å²) in [4.78, 5) is 13.5. The number of anilines is 1. The Balaban J connectivity index is 2.28. The van der Waals surface area contributed by atoms with Gasteiger partial charge in [-0.15, -0.1) is 0 Å². The van der Waals surface area contributed by atoms with Gasteiger partial charge in [0.2, 0.25) is 5.82 Å². The molecular weight excluding hydrogens is 287 g/mol. The largest absolute Gasteiger partial charge is 0.374 e. The van der Waals surface area contributed by atoms with Crippen LogP contribution in [0.4, 0.5) is 24.5 Å². The first-order chi connectivity index (χ1) is 9.88. The fourth-order valence-electron chi connectivity index (χ4n) is 1.74. The van der Waals surface area contributed by atoms with Crippen LogP contribution >= 0.6 is 0 Å². The molecule has 0 aliphatic heterocycles. The third kappa shape index (κ3) is 3.28. The number of pyridine rings is 1. The van der Waals surface area contributed by atoms with Gasteiger partial charge in [-0.25, -0.2) is 8.78 Å². The van der Waals surface area contributed by atoms with Crippen LogP contribution in [0.2, 0.25) is 0 Å². The van der Waals surface area contributed by atoms with Gasteiger partial charge in [-0.3, -0.25) is 15.1 Å². The molecule has 1 aromatic heterocycles. The van der Waals surface area contributed by atoms with Crippen LogP contribution in [0.1, 0.15) is 18.7 Å². The van der Waals surface area contributed by atoms with Crippen molar-refractivity contribution in [3.05, 3.63) is 63.7 Å². The first-order valence-corrected chi connectivity index (χ1v) is 5.90. The van der Waals surface area contributed by atoms with Crippen molar-refractivity contribution in [2.75, 3.05) is 5.32 Å². The minimum Gasteiger partial charge on any atom is -0.374 e. The fraction of sp³-hybridized carbons (Fsp3) is 0.154. The first-order valence-electron chi connectivity index (χ1n) is 5.90. The number of rotatable bonds is 4. The molecule has 8 heteroatoms. The van der Waals surface area contributed by atoms with Crippen LogP contribution < -0.4 is 5.32 Å². The molecular formula is C13H10F3N3O2. The second-order valence-electron chi connectivity index (χ2n) is 4.31. The van der Waals surface area contributed by atoms with Gasteiger partial charge in [0.1, 0.15) is 11.6 Å². The van der Waals surface area contributed by atoms with E-state index in [9.17, 15) is 23.3 Å². The summed E-state index contributed by atoms with van der Waals surface area (Å²) >= 11 is 0. The lowest BCUT2D eigenvalue weighted by atomic mass is 10.2. The van der Waals surface area contributed by atoms with Crippen molar-refractivity contribution in [2.45, 2.75) is 13.0 Å². The number of nitro groups is 1. The highest BCUT2D eigenvalue weighted by molar-refractivity contribution is 5.54. The SMILES string of the molecule is CC(Nc1cc([N+](=O)[O-])c(F)cc1F)c1ccc(F)cn1. The highest BCUT2D eigenvalue weighted by Crippen LogP contribution is 2.27. The van der Waals surface area contributed by atoms with Crippen LogP contribution in [0.3, 0.4) is 0 Å². The van der Waals surface area contributed by atoms with Gasteiger partial charge in [0.05, 0.1) is 28.5 Å². The molecule has 0 amide bonds. The summed E-state index contributed by atoms with van der Waals surface area (Å²) in [5.41, 5.74) is -0.664. The molecule has 1 aromatic carbocycles. The Labute approximate surface area is 117 Å². The third-order valence-corrected chi connectivity index (χ3v) is 2.80. The van der Waals surface area contributed by atoms with Crippen molar-refractivity contribution >= 4 is 11.4 Å². The molecule has 1 heterocycles. The predicted octanol–water partition coefficient (Wildman–Crippen LogP) is 3.58. The highest BCUT2D eigenvalue weighted by Gasteiger charge is 2.20. The maximum Gasteiger partial charge on any atom is 0.307 e. The summed E-state index contributed by atoms with van der Waals surface area (Å²) in [6.45, 7) is 1.61. The molecule has 1 unspecified atom stereocenters. The average Bonchev–Trinajstić information content (AvgIpc) is 2.42. The Kier molecular flexibility index (Phi) is 4.06. The molecule has 0 radical (unpaired) electrons. The van der Waals surface area contributed by atoms with Gasteiger partial charge in [-0.1, -0.05) is 0 Å². The van der Waals surface area contributed by atoms with Crippen molar-refractivity contribution < 1.29 is 18.1 Å². The third-order valence-electron chi connectivity index (χ3n) is 2.80. The van der Waals surface area contributed by atoms with Crippen LogP contribution in [0.25, 0.3) is 0 Å². The molecule has 0 aliphatic carbocycles. The van der Waals surface area contributed by atoms with E-state index < -0.39 is 34.1 Å². The number of hydrogen-bond donors (Lipinski definition) is 1. The Bertz CT molecular complexity index is 677. The van der Waals surface area contributed by atoms with Crippen molar-refractivity contribution in [1.29, 1.82) is 0 Å². The van der Waals surface area contributed by atoms with E-state index in [1.54, 1.807) is 6.92 Å². The van der Waals surface area contributed by atoms with E-state index in [0.29, 0.717) is 11.8 Å². The molecule has 0 spiro atoms. The van der Waals surface area contributed by atoms with Crippen molar-refractivity contribution in [1.82, 2.24) is 4.98 Å². The lowest BCUT2D eigenvalue weighted by Gasteiger charge is -2.15. The molecule has 0 bridgehead atoms. The van der Waals surface area contributed by atoms with Crippen LogP contribution in [0, 0.1) is 27.6 Å². The second-order valence-corrected chi connectivity index (χ2v) is 4.31. The Hall–Kier alpha value is -2.64. The predicted molar refractivity (Wildman–Crippen MR) is 69.2 cm³/mol. The van der Waals surface area contributed by atoms with Crippen LogP contribution in [-0.4, -0.2) is 9.91 Å². The van der Waals surface area contributed by atoms with Gasteiger partial charge in [-0.05, 0) is 19.1 Å². The summed E-state index contributed by atoms with van der Waals surface area (Å²) in [6.07, 6.45) is 0.997. The molecule has 0 aliphatic rings. The topological polar surface area (TPSA) is 68.1 Å². The molecule has 0 fully saturated rings. The molecule has 5 nitrogen and oxygen atoms in total. The van der Waals surface area contributed by atoms with Gasteiger partial charge < -0.3 is 5.32 Å². The lowest BCUT2D eigenvalue weighted by molar-refractivity contribution is -0.387. The van der Waals surface area contributed by atoms with E-state index in [0.717, 1.165) is 12.3 Å². The zero-order valence-corrected chi connectivity index (χ0v) is 10.8. The second kappa shape index (κ2) is 5.78.